The van der Waals surface area contributed by atoms with Crippen LogP contribution in [0.15, 0.2) is 91.0 Å². The van der Waals surface area contributed by atoms with Crippen LogP contribution in [0.5, 0.6) is 0 Å². The molecule has 0 N–H and O–H groups in total. The van der Waals surface area contributed by atoms with Crippen molar-refractivity contribution < 1.29 is 9.59 Å². The molecule has 30 heavy (non-hydrogen) atoms. The number of ketones is 2. The normalized spacial score (nSPS) is 23.8. The number of rotatable bonds is 3. The second kappa shape index (κ2) is 6.13. The fraction of sp³-hybridized carbons (Fsp3) is 0.111. The molecule has 3 atom stereocenters. The van der Waals surface area contributed by atoms with Crippen molar-refractivity contribution >= 4 is 33.9 Å². The highest BCUT2D eigenvalue weighted by atomic mass is 35.5. The van der Waals surface area contributed by atoms with Gasteiger partial charge in [0.2, 0.25) is 0 Å². The molecule has 1 saturated carbocycles. The van der Waals surface area contributed by atoms with Crippen molar-refractivity contribution in [3.05, 3.63) is 118 Å². The maximum Gasteiger partial charge on any atom is 0.175 e. The van der Waals surface area contributed by atoms with E-state index in [1.165, 1.54) is 0 Å². The standard InChI is InChI=1S/C27H17ClO2/c28-19-14-12-17(13-15-19)23-24(25(29)18-6-2-1-3-7-18)27(23)21-11-5-9-16-8-4-10-20(22(16)21)26(27)30/h1-15,23-24H/t23-,24+,27-/m1/s1. The molecule has 0 saturated heterocycles. The molecule has 1 fully saturated rings. The quantitative estimate of drug-likeness (QED) is 0.377. The Balaban J connectivity index is 1.59. The van der Waals surface area contributed by atoms with Crippen molar-refractivity contribution in [1.82, 2.24) is 0 Å². The molecule has 0 radical (unpaired) electrons. The number of halogens is 1. The van der Waals surface area contributed by atoms with Crippen molar-refractivity contribution in [1.29, 1.82) is 0 Å². The van der Waals surface area contributed by atoms with Crippen LogP contribution in [0, 0.1) is 5.92 Å². The zero-order valence-corrected chi connectivity index (χ0v) is 16.8. The zero-order chi connectivity index (χ0) is 20.5. The Morgan fingerprint density at radius 2 is 1.50 bits per heavy atom. The number of carbonyl (C=O) groups excluding carboxylic acids is 2. The highest BCUT2D eigenvalue weighted by Crippen LogP contribution is 2.71. The van der Waals surface area contributed by atoms with Crippen LogP contribution < -0.4 is 0 Å². The first-order valence-electron chi connectivity index (χ1n) is 10.1. The number of fused-ring (bicyclic) bond motifs is 1. The summed E-state index contributed by atoms with van der Waals surface area (Å²) < 4.78 is 0. The number of Topliss-reactive ketones (excluding diaryl/α,β-unsaturated/α-hetero) is 2. The van der Waals surface area contributed by atoms with E-state index in [0.29, 0.717) is 10.6 Å². The summed E-state index contributed by atoms with van der Waals surface area (Å²) in [5.74, 6) is -0.545. The van der Waals surface area contributed by atoms with E-state index >= 15 is 0 Å². The van der Waals surface area contributed by atoms with E-state index in [0.717, 1.165) is 27.5 Å². The largest absolute Gasteiger partial charge is 0.294 e. The first-order valence-corrected chi connectivity index (χ1v) is 10.4. The fourth-order valence-electron chi connectivity index (χ4n) is 5.49. The van der Waals surface area contributed by atoms with Gasteiger partial charge in [-0.05, 0) is 34.0 Å². The summed E-state index contributed by atoms with van der Waals surface area (Å²) in [7, 11) is 0. The van der Waals surface area contributed by atoms with E-state index in [2.05, 4.69) is 0 Å². The van der Waals surface area contributed by atoms with E-state index in [4.69, 9.17) is 11.6 Å². The molecular weight excluding hydrogens is 392 g/mol. The summed E-state index contributed by atoms with van der Waals surface area (Å²) in [4.78, 5) is 27.5. The van der Waals surface area contributed by atoms with Crippen LogP contribution in [-0.2, 0) is 5.41 Å². The van der Waals surface area contributed by atoms with Gasteiger partial charge in [0.25, 0.3) is 0 Å². The molecule has 1 spiro atoms. The van der Waals surface area contributed by atoms with Crippen molar-refractivity contribution in [2.75, 3.05) is 0 Å². The number of hydrogen-bond donors (Lipinski definition) is 0. The average Bonchev–Trinajstić information content (AvgIpc) is 3.42. The van der Waals surface area contributed by atoms with Gasteiger partial charge in [0, 0.05) is 28.0 Å². The van der Waals surface area contributed by atoms with Gasteiger partial charge in [-0.3, -0.25) is 9.59 Å². The molecule has 2 nitrogen and oxygen atoms in total. The summed E-state index contributed by atoms with van der Waals surface area (Å²) in [6, 6.07) is 28.8. The van der Waals surface area contributed by atoms with Crippen LogP contribution in [0.1, 0.15) is 37.8 Å². The van der Waals surface area contributed by atoms with Crippen molar-refractivity contribution in [2.45, 2.75) is 11.3 Å². The predicted molar refractivity (Wildman–Crippen MR) is 118 cm³/mol. The van der Waals surface area contributed by atoms with Gasteiger partial charge in [0.1, 0.15) is 0 Å². The molecule has 4 aromatic rings. The Labute approximate surface area is 179 Å². The summed E-state index contributed by atoms with van der Waals surface area (Å²) in [5, 5.41) is 2.68. The topological polar surface area (TPSA) is 34.1 Å². The lowest BCUT2D eigenvalue weighted by Crippen LogP contribution is -2.22. The lowest BCUT2D eigenvalue weighted by molar-refractivity contribution is 0.0892. The first-order chi connectivity index (χ1) is 14.6. The van der Waals surface area contributed by atoms with Crippen LogP contribution in [0.2, 0.25) is 5.02 Å². The Hall–Kier alpha value is -3.23. The molecule has 2 aliphatic carbocycles. The molecule has 0 unspecified atom stereocenters. The second-order valence-electron chi connectivity index (χ2n) is 8.14. The monoisotopic (exact) mass is 408 g/mol. The van der Waals surface area contributed by atoms with Crippen LogP contribution >= 0.6 is 11.6 Å². The van der Waals surface area contributed by atoms with Gasteiger partial charge in [0.05, 0.1) is 5.41 Å². The summed E-state index contributed by atoms with van der Waals surface area (Å²) >= 11 is 6.12. The van der Waals surface area contributed by atoms with E-state index < -0.39 is 11.3 Å². The van der Waals surface area contributed by atoms with E-state index in [1.54, 1.807) is 0 Å². The van der Waals surface area contributed by atoms with E-state index in [1.807, 2.05) is 91.0 Å². The van der Waals surface area contributed by atoms with Crippen molar-refractivity contribution in [2.24, 2.45) is 5.92 Å². The van der Waals surface area contributed by atoms with Crippen molar-refractivity contribution in [3.63, 3.8) is 0 Å². The third kappa shape index (κ3) is 2.15. The van der Waals surface area contributed by atoms with Gasteiger partial charge < -0.3 is 0 Å². The highest BCUT2D eigenvalue weighted by Gasteiger charge is 2.75. The van der Waals surface area contributed by atoms with Crippen molar-refractivity contribution in [3.8, 4) is 0 Å². The lowest BCUT2D eigenvalue weighted by atomic mass is 9.88. The summed E-state index contributed by atoms with van der Waals surface area (Å²) in [6.45, 7) is 0. The minimum atomic E-state index is -0.843. The number of benzene rings is 4. The molecule has 0 amide bonds. The third-order valence-corrected chi connectivity index (χ3v) is 7.00. The molecule has 0 heterocycles. The van der Waals surface area contributed by atoms with Gasteiger partial charge in [-0.15, -0.1) is 0 Å². The van der Waals surface area contributed by atoms with Gasteiger partial charge >= 0.3 is 0 Å². The molecular formula is C27H17ClO2. The molecule has 6 rings (SSSR count). The first kappa shape index (κ1) is 17.6. The molecule has 0 bridgehead atoms. The lowest BCUT2D eigenvalue weighted by Gasteiger charge is -2.11. The molecule has 0 aliphatic heterocycles. The molecule has 144 valence electrons. The Bertz CT molecular complexity index is 1340. The minimum absolute atomic E-state index is 0.0220. The molecule has 2 aliphatic rings. The maximum absolute atomic E-state index is 13.9. The van der Waals surface area contributed by atoms with Gasteiger partial charge in [-0.1, -0.05) is 90.5 Å². The predicted octanol–water partition coefficient (Wildman–Crippen LogP) is 6.22. The fourth-order valence-corrected chi connectivity index (χ4v) is 5.62. The Morgan fingerprint density at radius 1 is 0.800 bits per heavy atom. The SMILES string of the molecule is O=C(c1ccccc1)[C@@H]1[C@@H](c2ccc(Cl)cc2)[C@@]12C(=O)c1cccc3cccc2c13. The molecule has 4 aromatic carbocycles. The Morgan fingerprint density at radius 3 is 2.23 bits per heavy atom. The number of hydrogen-bond acceptors (Lipinski definition) is 2. The van der Waals surface area contributed by atoms with Gasteiger partial charge in [0.15, 0.2) is 11.6 Å². The maximum atomic E-state index is 13.9. The van der Waals surface area contributed by atoms with Gasteiger partial charge in [-0.2, -0.15) is 0 Å². The summed E-state index contributed by atoms with van der Waals surface area (Å²) in [5.41, 5.74) is 2.49. The van der Waals surface area contributed by atoms with Crippen LogP contribution in [0.25, 0.3) is 10.8 Å². The molecule has 0 aromatic heterocycles. The Kier molecular flexibility index (Phi) is 3.60. The molecule has 3 heteroatoms. The van der Waals surface area contributed by atoms with E-state index in [9.17, 15) is 9.59 Å². The van der Waals surface area contributed by atoms with Gasteiger partial charge in [-0.25, -0.2) is 0 Å². The van der Waals surface area contributed by atoms with E-state index in [-0.39, 0.29) is 17.5 Å². The average molecular weight is 409 g/mol. The minimum Gasteiger partial charge on any atom is -0.294 e. The van der Waals surface area contributed by atoms with Crippen LogP contribution in [-0.4, -0.2) is 11.6 Å². The van der Waals surface area contributed by atoms with Crippen LogP contribution in [0.4, 0.5) is 0 Å². The third-order valence-electron chi connectivity index (χ3n) is 6.75. The summed E-state index contributed by atoms with van der Waals surface area (Å²) in [6.07, 6.45) is 0. The highest BCUT2D eigenvalue weighted by molar-refractivity contribution is 6.30. The number of carbonyl (C=O) groups is 2. The zero-order valence-electron chi connectivity index (χ0n) is 16.0. The second-order valence-corrected chi connectivity index (χ2v) is 8.58. The van der Waals surface area contributed by atoms with Crippen LogP contribution in [0.3, 0.4) is 0 Å². The smallest absolute Gasteiger partial charge is 0.175 e.